The number of hydrogen-bond donors (Lipinski definition) is 1. The van der Waals surface area contributed by atoms with Gasteiger partial charge >= 0.3 is 0 Å². The highest BCUT2D eigenvalue weighted by atomic mass is 16.1. The number of carbonyl (C=O) groups excluding carboxylic acids is 1. The van der Waals surface area contributed by atoms with Crippen LogP contribution < -0.4 is 5.32 Å². The van der Waals surface area contributed by atoms with E-state index in [0.717, 1.165) is 4.90 Å². The van der Waals surface area contributed by atoms with Crippen molar-refractivity contribution in [3.8, 4) is 0 Å². The Morgan fingerprint density at radius 3 is 2.79 bits per heavy atom. The minimum atomic E-state index is -2.42. The Morgan fingerprint density at radius 1 is 1.37 bits per heavy atom. The summed E-state index contributed by atoms with van der Waals surface area (Å²) >= 11 is 0. The molecular weight excluding hydrogens is 236 g/mol. The van der Waals surface area contributed by atoms with Crippen molar-refractivity contribution in [2.24, 2.45) is 0 Å². The van der Waals surface area contributed by atoms with Crippen molar-refractivity contribution >= 4 is 11.6 Å². The van der Waals surface area contributed by atoms with Crippen molar-refractivity contribution in [1.29, 1.82) is 0 Å². The van der Waals surface area contributed by atoms with Gasteiger partial charge in [-0.05, 0) is 49.4 Å². The van der Waals surface area contributed by atoms with Crippen LogP contribution in [0.4, 0.5) is 5.69 Å². The van der Waals surface area contributed by atoms with Crippen molar-refractivity contribution in [2.45, 2.75) is 39.4 Å². The van der Waals surface area contributed by atoms with E-state index in [1.165, 1.54) is 18.2 Å². The van der Waals surface area contributed by atoms with Crippen molar-refractivity contribution in [3.63, 3.8) is 0 Å². The quantitative estimate of drug-likeness (QED) is 0.824. The number of nitrogens with zero attached hydrogens (tertiary/aromatic N) is 1. The van der Waals surface area contributed by atoms with Crippen LogP contribution in [0.2, 0.25) is 0 Å². The second kappa shape index (κ2) is 6.71. The minimum absolute atomic E-state index is 0.0453. The zero-order chi connectivity index (χ0) is 20.8. The average molecular weight is 268 g/mol. The first-order chi connectivity index (χ1) is 12.2. The standard InChI is InChI=1S/C16H24N2O/c1-3-9-18(10-4-2)11-8-13-6-5-7-15-14(13)12-16(19)17-15/h5-7H,3-4,8-12H2,1-2H3,(H,17,19)/i8D2,9D2,10D2,12D2. The lowest BCUT2D eigenvalue weighted by atomic mass is 10.0. The summed E-state index contributed by atoms with van der Waals surface area (Å²) in [5, 5.41) is 2.39. The zero-order valence-electron chi connectivity index (χ0n) is 19.2. The molecule has 1 aliphatic heterocycles. The molecule has 1 N–H and O–H groups in total. The van der Waals surface area contributed by atoms with E-state index in [1.54, 1.807) is 13.8 Å². The highest BCUT2D eigenvalue weighted by Gasteiger charge is 2.20. The van der Waals surface area contributed by atoms with Crippen LogP contribution in [0.5, 0.6) is 0 Å². The SMILES string of the molecule is [2H]C([2H])(CN(C([2H])([2H])CC)C([2H])([2H])CC)c1cccc2c1C([2H])([2H])C(=O)N2. The minimum Gasteiger partial charge on any atom is -0.326 e. The van der Waals surface area contributed by atoms with E-state index < -0.39 is 38.2 Å². The molecule has 0 radical (unpaired) electrons. The van der Waals surface area contributed by atoms with Crippen LogP contribution in [-0.2, 0) is 17.5 Å². The molecule has 104 valence electrons. The molecule has 0 atom stereocenters. The normalized spacial score (nSPS) is 24.9. The number of nitrogens with one attached hydrogen (secondary N) is 1. The number of fused-ring (bicyclic) bond motifs is 1. The predicted molar refractivity (Wildman–Crippen MR) is 79.5 cm³/mol. The van der Waals surface area contributed by atoms with Crippen LogP contribution in [0.25, 0.3) is 0 Å². The molecule has 0 saturated carbocycles. The molecule has 0 aromatic heterocycles. The molecule has 19 heavy (non-hydrogen) atoms. The molecule has 0 spiro atoms. The molecule has 3 nitrogen and oxygen atoms in total. The second-order valence-corrected chi connectivity index (χ2v) is 4.09. The molecule has 1 amide bonds. The third kappa shape index (κ3) is 3.57. The van der Waals surface area contributed by atoms with E-state index in [4.69, 9.17) is 11.0 Å². The summed E-state index contributed by atoms with van der Waals surface area (Å²) < 4.78 is 65.6. The van der Waals surface area contributed by atoms with E-state index in [2.05, 4.69) is 5.32 Å². The summed E-state index contributed by atoms with van der Waals surface area (Å²) in [4.78, 5) is 12.8. The first-order valence-corrected chi connectivity index (χ1v) is 6.44. The number of hydrogen-bond acceptors (Lipinski definition) is 2. The van der Waals surface area contributed by atoms with Gasteiger partial charge in [0.05, 0.1) is 6.37 Å². The molecule has 3 heteroatoms. The Bertz CT molecular complexity index is 719. The lowest BCUT2D eigenvalue weighted by Gasteiger charge is -2.21. The van der Waals surface area contributed by atoms with Crippen LogP contribution in [0.15, 0.2) is 18.2 Å². The van der Waals surface area contributed by atoms with Crippen molar-refractivity contribution < 1.29 is 15.8 Å². The van der Waals surface area contributed by atoms with Crippen LogP contribution in [0.1, 0.15) is 48.8 Å². The summed E-state index contributed by atoms with van der Waals surface area (Å²) in [6.45, 7) is -1.73. The van der Waals surface area contributed by atoms with E-state index in [0.29, 0.717) is 0 Å². The third-order valence-corrected chi connectivity index (χ3v) is 2.68. The van der Waals surface area contributed by atoms with Gasteiger partial charge < -0.3 is 10.2 Å². The fourth-order valence-electron chi connectivity index (χ4n) is 1.92. The van der Waals surface area contributed by atoms with E-state index in [9.17, 15) is 4.79 Å². The maximum absolute atomic E-state index is 11.9. The van der Waals surface area contributed by atoms with Gasteiger partial charge in [0.1, 0.15) is 0 Å². The van der Waals surface area contributed by atoms with Crippen molar-refractivity contribution in [1.82, 2.24) is 4.90 Å². The van der Waals surface area contributed by atoms with E-state index in [1.807, 2.05) is 0 Å². The average Bonchev–Trinajstić information content (AvgIpc) is 2.82. The zero-order valence-corrected chi connectivity index (χ0v) is 11.2. The molecule has 1 heterocycles. The summed E-state index contributed by atoms with van der Waals surface area (Å²) in [7, 11) is 0. The van der Waals surface area contributed by atoms with E-state index in [-0.39, 0.29) is 29.7 Å². The molecule has 1 aliphatic rings. The van der Waals surface area contributed by atoms with Gasteiger partial charge in [-0.2, -0.15) is 0 Å². The van der Waals surface area contributed by atoms with Crippen LogP contribution in [0.3, 0.4) is 0 Å². The Kier molecular flexibility index (Phi) is 2.43. The first kappa shape index (κ1) is 6.89. The molecule has 0 bridgehead atoms. The van der Waals surface area contributed by atoms with Gasteiger partial charge in [-0.3, -0.25) is 4.79 Å². The number of rotatable bonds is 7. The van der Waals surface area contributed by atoms with Gasteiger partial charge in [0.15, 0.2) is 0 Å². The fraction of sp³-hybridized carbons (Fsp3) is 0.562. The van der Waals surface area contributed by atoms with Gasteiger partial charge in [0.25, 0.3) is 0 Å². The van der Waals surface area contributed by atoms with Gasteiger partial charge in [0, 0.05) is 23.2 Å². The lowest BCUT2D eigenvalue weighted by Crippen LogP contribution is -2.28. The summed E-state index contributed by atoms with van der Waals surface area (Å²) in [6, 6.07) is 4.32. The molecular formula is C16H24N2O. The highest BCUT2D eigenvalue weighted by Crippen LogP contribution is 2.26. The maximum atomic E-state index is 11.9. The molecule has 1 aromatic rings. The summed E-state index contributed by atoms with van der Waals surface area (Å²) in [6.07, 6.45) is -4.81. The third-order valence-electron chi connectivity index (χ3n) is 2.68. The molecule has 0 aliphatic carbocycles. The summed E-state index contributed by atoms with van der Waals surface area (Å²) in [5.74, 6) is -0.884. The Morgan fingerprint density at radius 2 is 2.11 bits per heavy atom. The van der Waals surface area contributed by atoms with E-state index >= 15 is 0 Å². The van der Waals surface area contributed by atoms with Crippen molar-refractivity contribution in [3.05, 3.63) is 29.3 Å². The second-order valence-electron chi connectivity index (χ2n) is 4.09. The smallest absolute Gasteiger partial charge is 0.228 e. The predicted octanol–water partition coefficient (Wildman–Crippen LogP) is 2.85. The van der Waals surface area contributed by atoms with Crippen LogP contribution in [0, 0.1) is 0 Å². The Labute approximate surface area is 127 Å². The molecule has 2 rings (SSSR count). The fourth-order valence-corrected chi connectivity index (χ4v) is 1.92. The number of anilines is 1. The summed E-state index contributed by atoms with van der Waals surface area (Å²) in [5.41, 5.74) is -0.0313. The van der Waals surface area contributed by atoms with Gasteiger partial charge in [0.2, 0.25) is 5.91 Å². The number of amides is 1. The maximum Gasteiger partial charge on any atom is 0.228 e. The molecule has 0 unspecified atom stereocenters. The van der Waals surface area contributed by atoms with Gasteiger partial charge in [-0.15, -0.1) is 0 Å². The topological polar surface area (TPSA) is 32.3 Å². The lowest BCUT2D eigenvalue weighted by molar-refractivity contribution is -0.115. The largest absolute Gasteiger partial charge is 0.326 e. The van der Waals surface area contributed by atoms with Crippen LogP contribution in [-0.4, -0.2) is 30.3 Å². The highest BCUT2D eigenvalue weighted by molar-refractivity contribution is 5.99. The molecule has 0 saturated heterocycles. The molecule has 0 fully saturated rings. The first-order valence-electron chi connectivity index (χ1n) is 10.4. The van der Waals surface area contributed by atoms with Crippen LogP contribution >= 0.6 is 0 Å². The van der Waals surface area contributed by atoms with Crippen molar-refractivity contribution in [2.75, 3.05) is 24.9 Å². The van der Waals surface area contributed by atoms with Gasteiger partial charge in [-0.25, -0.2) is 0 Å². The number of carbonyl (C=O) groups is 1. The Hall–Kier alpha value is -1.35. The molecule has 1 aromatic carbocycles. The van der Waals surface area contributed by atoms with Gasteiger partial charge in [-0.1, -0.05) is 26.0 Å². The Balaban J connectivity index is 2.54. The number of benzene rings is 1. The monoisotopic (exact) mass is 268 g/mol.